The standard InChI is InChI=1S/C18H26N4O2/c1-14-5-7-21(8-6-14)16-3-4-17(19-13-16)18(24)22-11-9-20(10-12-22)15(2)23/h3-4,13-14H,5-12H2,1-2H3. The zero-order valence-corrected chi connectivity index (χ0v) is 14.6. The summed E-state index contributed by atoms with van der Waals surface area (Å²) in [6.07, 6.45) is 4.23. The zero-order valence-electron chi connectivity index (χ0n) is 14.6. The Balaban J connectivity index is 1.59. The molecule has 0 unspecified atom stereocenters. The van der Waals surface area contributed by atoms with Crippen molar-refractivity contribution in [3.63, 3.8) is 0 Å². The lowest BCUT2D eigenvalue weighted by atomic mass is 9.99. The predicted molar refractivity (Wildman–Crippen MR) is 93.0 cm³/mol. The summed E-state index contributed by atoms with van der Waals surface area (Å²) in [5, 5.41) is 0. The number of hydrogen-bond donors (Lipinski definition) is 0. The van der Waals surface area contributed by atoms with Crippen molar-refractivity contribution in [2.75, 3.05) is 44.2 Å². The van der Waals surface area contributed by atoms with Crippen LogP contribution in [0.1, 0.15) is 37.2 Å². The normalized spacial score (nSPS) is 19.5. The highest BCUT2D eigenvalue weighted by Crippen LogP contribution is 2.22. The third kappa shape index (κ3) is 3.68. The first-order chi connectivity index (χ1) is 11.5. The van der Waals surface area contributed by atoms with E-state index in [2.05, 4.69) is 16.8 Å². The van der Waals surface area contributed by atoms with Gasteiger partial charge in [-0.25, -0.2) is 4.98 Å². The Morgan fingerprint density at radius 2 is 1.62 bits per heavy atom. The number of nitrogens with zero attached hydrogens (tertiary/aromatic N) is 4. The first kappa shape index (κ1) is 16.7. The van der Waals surface area contributed by atoms with Crippen LogP contribution in [-0.2, 0) is 4.79 Å². The van der Waals surface area contributed by atoms with E-state index in [0.29, 0.717) is 31.9 Å². The largest absolute Gasteiger partial charge is 0.370 e. The molecule has 6 nitrogen and oxygen atoms in total. The first-order valence-electron chi connectivity index (χ1n) is 8.80. The summed E-state index contributed by atoms with van der Waals surface area (Å²) in [5.74, 6) is 0.821. The molecule has 0 radical (unpaired) electrons. The van der Waals surface area contributed by atoms with Gasteiger partial charge in [0.2, 0.25) is 5.91 Å². The summed E-state index contributed by atoms with van der Waals surface area (Å²) < 4.78 is 0. The van der Waals surface area contributed by atoms with Crippen molar-refractivity contribution in [3.05, 3.63) is 24.0 Å². The van der Waals surface area contributed by atoms with E-state index in [1.54, 1.807) is 16.7 Å². The van der Waals surface area contributed by atoms with Crippen LogP contribution in [0.4, 0.5) is 5.69 Å². The Morgan fingerprint density at radius 1 is 1.00 bits per heavy atom. The van der Waals surface area contributed by atoms with Gasteiger partial charge in [0.25, 0.3) is 5.91 Å². The van der Waals surface area contributed by atoms with Crippen LogP contribution in [0.15, 0.2) is 18.3 Å². The molecule has 0 aliphatic carbocycles. The van der Waals surface area contributed by atoms with Gasteiger partial charge in [0.05, 0.1) is 11.9 Å². The third-order valence-electron chi connectivity index (χ3n) is 5.13. The Bertz CT molecular complexity index is 586. The van der Waals surface area contributed by atoms with Gasteiger partial charge in [0.1, 0.15) is 5.69 Å². The molecule has 0 N–H and O–H groups in total. The van der Waals surface area contributed by atoms with E-state index in [-0.39, 0.29) is 11.8 Å². The molecular weight excluding hydrogens is 304 g/mol. The van der Waals surface area contributed by atoms with Gasteiger partial charge in [-0.1, -0.05) is 6.92 Å². The molecule has 0 atom stereocenters. The molecule has 0 aromatic carbocycles. The average molecular weight is 330 g/mol. The number of carbonyl (C=O) groups is 2. The number of carbonyl (C=O) groups excluding carboxylic acids is 2. The molecule has 1 aromatic rings. The van der Waals surface area contributed by atoms with Crippen LogP contribution in [-0.4, -0.2) is 65.9 Å². The maximum Gasteiger partial charge on any atom is 0.272 e. The lowest BCUT2D eigenvalue weighted by Crippen LogP contribution is -2.50. The Hall–Kier alpha value is -2.11. The van der Waals surface area contributed by atoms with Gasteiger partial charge in [-0.3, -0.25) is 9.59 Å². The summed E-state index contributed by atoms with van der Waals surface area (Å²) in [4.78, 5) is 34.2. The van der Waals surface area contributed by atoms with E-state index in [9.17, 15) is 9.59 Å². The van der Waals surface area contributed by atoms with E-state index in [4.69, 9.17) is 0 Å². The van der Waals surface area contributed by atoms with Crippen LogP contribution >= 0.6 is 0 Å². The second kappa shape index (κ2) is 7.20. The van der Waals surface area contributed by atoms with Crippen molar-refractivity contribution in [2.24, 2.45) is 5.92 Å². The molecule has 3 rings (SSSR count). The summed E-state index contributed by atoms with van der Waals surface area (Å²) in [6, 6.07) is 3.83. The van der Waals surface area contributed by atoms with E-state index in [0.717, 1.165) is 24.7 Å². The Kier molecular flexibility index (Phi) is 5.02. The molecule has 3 heterocycles. The molecule has 2 aliphatic heterocycles. The van der Waals surface area contributed by atoms with Gasteiger partial charge in [0.15, 0.2) is 0 Å². The molecule has 1 aromatic heterocycles. The molecule has 2 aliphatic rings. The Morgan fingerprint density at radius 3 is 2.17 bits per heavy atom. The average Bonchev–Trinajstić information content (AvgIpc) is 2.62. The number of piperazine rings is 1. The number of anilines is 1. The molecule has 2 saturated heterocycles. The monoisotopic (exact) mass is 330 g/mol. The predicted octanol–water partition coefficient (Wildman–Crippen LogP) is 1.62. The third-order valence-corrected chi connectivity index (χ3v) is 5.13. The number of amides is 2. The van der Waals surface area contributed by atoms with Gasteiger partial charge < -0.3 is 14.7 Å². The van der Waals surface area contributed by atoms with Crippen molar-refractivity contribution < 1.29 is 9.59 Å². The summed E-state index contributed by atoms with van der Waals surface area (Å²) in [5.41, 5.74) is 1.58. The molecular formula is C18H26N4O2. The second-order valence-electron chi connectivity index (χ2n) is 6.87. The van der Waals surface area contributed by atoms with Crippen molar-refractivity contribution in [3.8, 4) is 0 Å². The van der Waals surface area contributed by atoms with Crippen LogP contribution < -0.4 is 4.90 Å². The molecule has 130 valence electrons. The van der Waals surface area contributed by atoms with Gasteiger partial charge in [0, 0.05) is 46.2 Å². The number of hydrogen-bond acceptors (Lipinski definition) is 4. The fourth-order valence-electron chi connectivity index (χ4n) is 3.35. The Labute approximate surface area is 143 Å². The minimum absolute atomic E-state index is 0.0444. The van der Waals surface area contributed by atoms with E-state index < -0.39 is 0 Å². The number of aromatic nitrogens is 1. The fraction of sp³-hybridized carbons (Fsp3) is 0.611. The lowest BCUT2D eigenvalue weighted by Gasteiger charge is -2.34. The van der Waals surface area contributed by atoms with Gasteiger partial charge in [-0.05, 0) is 30.9 Å². The molecule has 0 bridgehead atoms. The van der Waals surface area contributed by atoms with Crippen molar-refractivity contribution >= 4 is 17.5 Å². The molecule has 0 spiro atoms. The summed E-state index contributed by atoms with van der Waals surface area (Å²) >= 11 is 0. The van der Waals surface area contributed by atoms with Crippen molar-refractivity contribution in [2.45, 2.75) is 26.7 Å². The highest BCUT2D eigenvalue weighted by molar-refractivity contribution is 5.92. The van der Waals surface area contributed by atoms with Gasteiger partial charge >= 0.3 is 0 Å². The maximum atomic E-state index is 12.6. The SMILES string of the molecule is CC(=O)N1CCN(C(=O)c2ccc(N3CCC(C)CC3)cn2)CC1. The summed E-state index contributed by atoms with van der Waals surface area (Å²) in [6.45, 7) is 8.34. The van der Waals surface area contributed by atoms with Crippen molar-refractivity contribution in [1.29, 1.82) is 0 Å². The maximum absolute atomic E-state index is 12.6. The summed E-state index contributed by atoms with van der Waals surface area (Å²) in [7, 11) is 0. The van der Waals surface area contributed by atoms with Crippen molar-refractivity contribution in [1.82, 2.24) is 14.8 Å². The number of piperidine rings is 1. The van der Waals surface area contributed by atoms with E-state index >= 15 is 0 Å². The number of rotatable bonds is 2. The molecule has 2 amide bonds. The number of pyridine rings is 1. The quantitative estimate of drug-likeness (QED) is 0.827. The zero-order chi connectivity index (χ0) is 17.1. The van der Waals surface area contributed by atoms with Crippen LogP contribution in [0, 0.1) is 5.92 Å². The van der Waals surface area contributed by atoms with Gasteiger partial charge in [-0.2, -0.15) is 0 Å². The minimum Gasteiger partial charge on any atom is -0.370 e. The first-order valence-corrected chi connectivity index (χ1v) is 8.80. The molecule has 2 fully saturated rings. The minimum atomic E-state index is -0.0444. The van der Waals surface area contributed by atoms with E-state index in [1.165, 1.54) is 12.8 Å². The molecule has 6 heteroatoms. The lowest BCUT2D eigenvalue weighted by molar-refractivity contribution is -0.130. The highest BCUT2D eigenvalue weighted by Gasteiger charge is 2.24. The van der Waals surface area contributed by atoms with Crippen LogP contribution in [0.2, 0.25) is 0 Å². The van der Waals surface area contributed by atoms with Crippen LogP contribution in [0.5, 0.6) is 0 Å². The second-order valence-corrected chi connectivity index (χ2v) is 6.87. The van der Waals surface area contributed by atoms with Gasteiger partial charge in [-0.15, -0.1) is 0 Å². The highest BCUT2D eigenvalue weighted by atomic mass is 16.2. The fourth-order valence-corrected chi connectivity index (χ4v) is 3.35. The van der Waals surface area contributed by atoms with E-state index in [1.807, 2.05) is 18.3 Å². The smallest absolute Gasteiger partial charge is 0.272 e. The molecule has 24 heavy (non-hydrogen) atoms. The van der Waals surface area contributed by atoms with Crippen LogP contribution in [0.3, 0.4) is 0 Å². The molecule has 0 saturated carbocycles. The topological polar surface area (TPSA) is 56.8 Å². The van der Waals surface area contributed by atoms with Crippen LogP contribution in [0.25, 0.3) is 0 Å².